The quantitative estimate of drug-likeness (QED) is 0.784. The lowest BCUT2D eigenvalue weighted by Gasteiger charge is -2.13. The van der Waals surface area contributed by atoms with Crippen LogP contribution in [0.25, 0.3) is 0 Å². The first-order chi connectivity index (χ1) is 8.12. The minimum absolute atomic E-state index is 0.00273. The van der Waals surface area contributed by atoms with Crippen LogP contribution in [0, 0.1) is 5.92 Å². The average Bonchev–Trinajstić information content (AvgIpc) is 2.66. The van der Waals surface area contributed by atoms with Gasteiger partial charge in [0.1, 0.15) is 0 Å². The average molecular weight is 238 g/mol. The molecule has 1 atom stereocenters. The van der Waals surface area contributed by atoms with Crippen molar-refractivity contribution in [2.45, 2.75) is 33.1 Å². The van der Waals surface area contributed by atoms with Gasteiger partial charge in [-0.3, -0.25) is 9.48 Å². The predicted octanol–water partition coefficient (Wildman–Crippen LogP) is 1.30. The van der Waals surface area contributed by atoms with E-state index in [4.69, 9.17) is 5.73 Å². The maximum absolute atomic E-state index is 12.0. The lowest BCUT2D eigenvalue weighted by atomic mass is 10.0. The van der Waals surface area contributed by atoms with E-state index >= 15 is 0 Å². The van der Waals surface area contributed by atoms with Gasteiger partial charge < -0.3 is 11.1 Å². The molecule has 0 radical (unpaired) electrons. The van der Waals surface area contributed by atoms with Crippen LogP contribution in [0.2, 0.25) is 0 Å². The standard InChI is InChI=1S/C12H22N4O/c1-4-6-9(7-13)12(17)14-11-8-16(3)15-10(11)5-2/h8-9H,4-7,13H2,1-3H3,(H,14,17). The topological polar surface area (TPSA) is 72.9 Å². The third-order valence-corrected chi connectivity index (χ3v) is 2.79. The Morgan fingerprint density at radius 3 is 2.82 bits per heavy atom. The SMILES string of the molecule is CCCC(CN)C(=O)Nc1cn(C)nc1CC. The van der Waals surface area contributed by atoms with Gasteiger partial charge in [-0.15, -0.1) is 0 Å². The highest BCUT2D eigenvalue weighted by molar-refractivity contribution is 5.93. The number of carbonyl (C=O) groups is 1. The van der Waals surface area contributed by atoms with Crippen molar-refractivity contribution in [1.82, 2.24) is 9.78 Å². The second-order valence-corrected chi connectivity index (χ2v) is 4.23. The van der Waals surface area contributed by atoms with E-state index in [0.29, 0.717) is 6.54 Å². The summed E-state index contributed by atoms with van der Waals surface area (Å²) < 4.78 is 1.71. The first-order valence-electron chi connectivity index (χ1n) is 6.15. The van der Waals surface area contributed by atoms with Crippen LogP contribution in [-0.4, -0.2) is 22.2 Å². The van der Waals surface area contributed by atoms with Crippen LogP contribution < -0.4 is 11.1 Å². The van der Waals surface area contributed by atoms with Crippen molar-refractivity contribution in [3.8, 4) is 0 Å². The molecule has 5 heteroatoms. The molecule has 1 aromatic heterocycles. The van der Waals surface area contributed by atoms with Gasteiger partial charge in [0, 0.05) is 19.8 Å². The first-order valence-corrected chi connectivity index (χ1v) is 6.15. The summed E-state index contributed by atoms with van der Waals surface area (Å²) in [4.78, 5) is 12.0. The smallest absolute Gasteiger partial charge is 0.228 e. The first kappa shape index (κ1) is 13.7. The maximum Gasteiger partial charge on any atom is 0.228 e. The molecule has 1 amide bonds. The Hall–Kier alpha value is -1.36. The van der Waals surface area contributed by atoms with E-state index in [-0.39, 0.29) is 11.8 Å². The van der Waals surface area contributed by atoms with E-state index in [1.807, 2.05) is 20.2 Å². The van der Waals surface area contributed by atoms with E-state index in [0.717, 1.165) is 30.6 Å². The zero-order valence-corrected chi connectivity index (χ0v) is 10.9. The lowest BCUT2D eigenvalue weighted by molar-refractivity contribution is -0.119. The van der Waals surface area contributed by atoms with Gasteiger partial charge in [0.15, 0.2) is 0 Å². The molecule has 0 fully saturated rings. The van der Waals surface area contributed by atoms with E-state index in [1.54, 1.807) is 4.68 Å². The fraction of sp³-hybridized carbons (Fsp3) is 0.667. The number of amides is 1. The number of carbonyl (C=O) groups excluding carboxylic acids is 1. The van der Waals surface area contributed by atoms with Crippen LogP contribution in [0.15, 0.2) is 6.20 Å². The van der Waals surface area contributed by atoms with E-state index in [1.165, 1.54) is 0 Å². The molecule has 0 saturated heterocycles. The van der Waals surface area contributed by atoms with Crippen LogP contribution in [0.3, 0.4) is 0 Å². The van der Waals surface area contributed by atoms with Crippen LogP contribution in [0.4, 0.5) is 5.69 Å². The Bertz CT molecular complexity index is 373. The Morgan fingerprint density at radius 2 is 2.29 bits per heavy atom. The molecule has 0 aliphatic rings. The number of rotatable bonds is 6. The summed E-state index contributed by atoms with van der Waals surface area (Å²) in [6.07, 6.45) is 4.42. The fourth-order valence-electron chi connectivity index (χ4n) is 1.84. The molecule has 0 aromatic carbocycles. The highest BCUT2D eigenvalue weighted by Crippen LogP contribution is 2.16. The zero-order chi connectivity index (χ0) is 12.8. The van der Waals surface area contributed by atoms with Crippen molar-refractivity contribution in [2.75, 3.05) is 11.9 Å². The Morgan fingerprint density at radius 1 is 1.59 bits per heavy atom. The molecule has 17 heavy (non-hydrogen) atoms. The molecule has 3 N–H and O–H groups in total. The molecular weight excluding hydrogens is 216 g/mol. The number of hydrogen-bond donors (Lipinski definition) is 2. The van der Waals surface area contributed by atoms with Crippen molar-refractivity contribution >= 4 is 11.6 Å². The molecule has 0 spiro atoms. The lowest BCUT2D eigenvalue weighted by Crippen LogP contribution is -2.29. The van der Waals surface area contributed by atoms with E-state index in [2.05, 4.69) is 17.3 Å². The number of hydrogen-bond acceptors (Lipinski definition) is 3. The van der Waals surface area contributed by atoms with Gasteiger partial charge in [0.25, 0.3) is 0 Å². The summed E-state index contributed by atoms with van der Waals surface area (Å²) in [5, 5.41) is 7.20. The van der Waals surface area contributed by atoms with Gasteiger partial charge in [-0.05, 0) is 12.8 Å². The molecule has 1 heterocycles. The summed E-state index contributed by atoms with van der Waals surface area (Å²) >= 11 is 0. The summed E-state index contributed by atoms with van der Waals surface area (Å²) in [6.45, 7) is 4.46. The molecule has 1 aromatic rings. The van der Waals surface area contributed by atoms with Crippen molar-refractivity contribution in [3.05, 3.63) is 11.9 Å². The number of anilines is 1. The second kappa shape index (κ2) is 6.39. The van der Waals surface area contributed by atoms with Crippen molar-refractivity contribution in [2.24, 2.45) is 18.7 Å². The molecule has 96 valence electrons. The number of aromatic nitrogens is 2. The predicted molar refractivity (Wildman–Crippen MR) is 68.7 cm³/mol. The largest absolute Gasteiger partial charge is 0.330 e. The number of aryl methyl sites for hydroxylation is 2. The monoisotopic (exact) mass is 238 g/mol. The third kappa shape index (κ3) is 3.56. The summed E-state index contributed by atoms with van der Waals surface area (Å²) in [7, 11) is 1.85. The highest BCUT2D eigenvalue weighted by atomic mass is 16.1. The number of nitrogens with zero attached hydrogens (tertiary/aromatic N) is 2. The molecule has 0 bridgehead atoms. The van der Waals surface area contributed by atoms with E-state index < -0.39 is 0 Å². The van der Waals surface area contributed by atoms with Gasteiger partial charge >= 0.3 is 0 Å². The van der Waals surface area contributed by atoms with Crippen LogP contribution in [-0.2, 0) is 18.3 Å². The summed E-state index contributed by atoms with van der Waals surface area (Å²) in [5.74, 6) is -0.109. The zero-order valence-electron chi connectivity index (χ0n) is 10.9. The Balaban J connectivity index is 2.72. The molecule has 1 unspecified atom stereocenters. The fourth-order valence-corrected chi connectivity index (χ4v) is 1.84. The van der Waals surface area contributed by atoms with E-state index in [9.17, 15) is 4.79 Å². The van der Waals surface area contributed by atoms with Gasteiger partial charge in [0.2, 0.25) is 5.91 Å². The van der Waals surface area contributed by atoms with Crippen molar-refractivity contribution in [3.63, 3.8) is 0 Å². The molecular formula is C12H22N4O. The number of nitrogens with two attached hydrogens (primary N) is 1. The number of nitrogens with one attached hydrogen (secondary N) is 1. The van der Waals surface area contributed by atoms with Crippen LogP contribution >= 0.6 is 0 Å². The Kier molecular flexibility index (Phi) is 5.15. The van der Waals surface area contributed by atoms with Crippen LogP contribution in [0.1, 0.15) is 32.4 Å². The normalized spacial score (nSPS) is 12.5. The van der Waals surface area contributed by atoms with Gasteiger partial charge in [-0.1, -0.05) is 20.3 Å². The second-order valence-electron chi connectivity index (χ2n) is 4.23. The molecule has 1 rings (SSSR count). The molecule has 0 aliphatic heterocycles. The van der Waals surface area contributed by atoms with Crippen molar-refractivity contribution < 1.29 is 4.79 Å². The third-order valence-electron chi connectivity index (χ3n) is 2.79. The highest BCUT2D eigenvalue weighted by Gasteiger charge is 2.17. The molecule has 0 aliphatic carbocycles. The maximum atomic E-state index is 12.0. The van der Waals surface area contributed by atoms with Gasteiger partial charge in [-0.25, -0.2) is 0 Å². The minimum atomic E-state index is -0.107. The molecule has 5 nitrogen and oxygen atoms in total. The van der Waals surface area contributed by atoms with Crippen molar-refractivity contribution in [1.29, 1.82) is 0 Å². The molecule has 0 saturated carbocycles. The summed E-state index contributed by atoms with van der Waals surface area (Å²) in [5.41, 5.74) is 7.32. The summed E-state index contributed by atoms with van der Waals surface area (Å²) in [6, 6.07) is 0. The van der Waals surface area contributed by atoms with Gasteiger partial charge in [0.05, 0.1) is 17.3 Å². The Labute approximate surface area is 102 Å². The van der Waals surface area contributed by atoms with Gasteiger partial charge in [-0.2, -0.15) is 5.10 Å². The minimum Gasteiger partial charge on any atom is -0.330 e. The van der Waals surface area contributed by atoms with Crippen LogP contribution in [0.5, 0.6) is 0 Å².